The van der Waals surface area contributed by atoms with E-state index in [4.69, 9.17) is 5.11 Å². The summed E-state index contributed by atoms with van der Waals surface area (Å²) in [5.41, 5.74) is 1.31. The number of aliphatic carboxylic acids is 1. The second kappa shape index (κ2) is 6.41. The van der Waals surface area contributed by atoms with E-state index in [9.17, 15) is 9.59 Å². The zero-order valence-electron chi connectivity index (χ0n) is 13.0. The van der Waals surface area contributed by atoms with Gasteiger partial charge in [0.15, 0.2) is 0 Å². The van der Waals surface area contributed by atoms with Crippen LogP contribution in [0.1, 0.15) is 48.5 Å². The minimum Gasteiger partial charge on any atom is -0.481 e. The largest absolute Gasteiger partial charge is 0.481 e. The van der Waals surface area contributed by atoms with E-state index in [1.165, 1.54) is 10.4 Å². The Morgan fingerprint density at radius 3 is 2.95 bits per heavy atom. The summed E-state index contributed by atoms with van der Waals surface area (Å²) >= 11 is 1.76. The number of rotatable bonds is 5. The van der Waals surface area contributed by atoms with Crippen LogP contribution in [0.3, 0.4) is 0 Å². The molecule has 22 heavy (non-hydrogen) atoms. The summed E-state index contributed by atoms with van der Waals surface area (Å²) in [5, 5.41) is 10.9. The summed E-state index contributed by atoms with van der Waals surface area (Å²) in [4.78, 5) is 26.7. The van der Waals surface area contributed by atoms with Crippen molar-refractivity contribution in [2.75, 3.05) is 13.1 Å². The number of aryl methyl sites for hydroxylation is 1. The van der Waals surface area contributed by atoms with Crippen LogP contribution in [-0.4, -0.2) is 35.0 Å². The average molecular weight is 321 g/mol. The molecule has 4 nitrogen and oxygen atoms in total. The minimum atomic E-state index is -0.737. The highest BCUT2D eigenvalue weighted by atomic mass is 32.1. The van der Waals surface area contributed by atoms with Gasteiger partial charge in [0, 0.05) is 36.2 Å². The molecule has 2 heterocycles. The fourth-order valence-electron chi connectivity index (χ4n) is 3.58. The predicted octanol–water partition coefficient (Wildman–Crippen LogP) is 3.26. The monoisotopic (exact) mass is 321 g/mol. The van der Waals surface area contributed by atoms with Gasteiger partial charge in [-0.15, -0.1) is 11.3 Å². The Labute approximate surface area is 135 Å². The van der Waals surface area contributed by atoms with Gasteiger partial charge in [-0.2, -0.15) is 0 Å². The van der Waals surface area contributed by atoms with Gasteiger partial charge in [0.25, 0.3) is 0 Å². The van der Waals surface area contributed by atoms with Crippen molar-refractivity contribution in [2.24, 2.45) is 11.8 Å². The third-order valence-electron chi connectivity index (χ3n) is 4.94. The quantitative estimate of drug-likeness (QED) is 0.905. The number of piperidine rings is 1. The highest BCUT2D eigenvalue weighted by Crippen LogP contribution is 2.51. The van der Waals surface area contributed by atoms with Crippen LogP contribution in [0.2, 0.25) is 0 Å². The molecule has 3 rings (SSSR count). The zero-order chi connectivity index (χ0) is 15.7. The Morgan fingerprint density at radius 2 is 2.27 bits per heavy atom. The number of thiophene rings is 1. The Kier molecular flexibility index (Phi) is 4.52. The topological polar surface area (TPSA) is 57.6 Å². The highest BCUT2D eigenvalue weighted by Gasteiger charge is 2.47. The van der Waals surface area contributed by atoms with Crippen LogP contribution >= 0.6 is 11.3 Å². The number of amides is 1. The van der Waals surface area contributed by atoms with Crippen LogP contribution in [-0.2, 0) is 9.59 Å². The van der Waals surface area contributed by atoms with Gasteiger partial charge in [-0.3, -0.25) is 9.59 Å². The number of carbonyl (C=O) groups excluding carboxylic acids is 1. The van der Waals surface area contributed by atoms with Gasteiger partial charge in [0.05, 0.1) is 0 Å². The third-order valence-corrected chi connectivity index (χ3v) is 6.09. The van der Waals surface area contributed by atoms with Crippen molar-refractivity contribution in [1.82, 2.24) is 4.90 Å². The van der Waals surface area contributed by atoms with Gasteiger partial charge in [0.2, 0.25) is 5.91 Å². The van der Waals surface area contributed by atoms with Crippen LogP contribution in [0.5, 0.6) is 0 Å². The van der Waals surface area contributed by atoms with E-state index in [-0.39, 0.29) is 18.2 Å². The van der Waals surface area contributed by atoms with Crippen molar-refractivity contribution in [3.8, 4) is 0 Å². The molecule has 0 bridgehead atoms. The molecular formula is C17H23NO3S. The number of nitrogens with zero attached hydrogens (tertiary/aromatic N) is 1. The second-order valence-corrected chi connectivity index (χ2v) is 7.59. The van der Waals surface area contributed by atoms with Crippen LogP contribution in [0.25, 0.3) is 0 Å². The molecule has 1 N–H and O–H groups in total. The Morgan fingerprint density at radius 1 is 1.45 bits per heavy atom. The van der Waals surface area contributed by atoms with Gasteiger partial charge in [-0.25, -0.2) is 0 Å². The third kappa shape index (κ3) is 3.35. The normalized spacial score (nSPS) is 27.7. The summed E-state index contributed by atoms with van der Waals surface area (Å²) in [6.07, 6.45) is 3.95. The molecule has 0 spiro atoms. The van der Waals surface area contributed by atoms with Gasteiger partial charge in [0.1, 0.15) is 0 Å². The molecule has 120 valence electrons. The molecule has 1 aromatic heterocycles. The SMILES string of the molecule is Cc1ccsc1C1CC1C(=O)N1CCCC(CCC(=O)O)C1. The van der Waals surface area contributed by atoms with E-state index >= 15 is 0 Å². The van der Waals surface area contributed by atoms with E-state index in [2.05, 4.69) is 18.4 Å². The molecule has 1 aromatic rings. The molecule has 1 saturated heterocycles. The maximum absolute atomic E-state index is 12.7. The number of carboxylic acid groups (broad SMARTS) is 1. The summed E-state index contributed by atoms with van der Waals surface area (Å²) in [7, 11) is 0. The number of likely N-dealkylation sites (tertiary alicyclic amines) is 1. The summed E-state index contributed by atoms with van der Waals surface area (Å²) < 4.78 is 0. The van der Waals surface area contributed by atoms with E-state index < -0.39 is 5.97 Å². The Bertz CT molecular complexity index is 568. The van der Waals surface area contributed by atoms with Gasteiger partial charge < -0.3 is 10.0 Å². The van der Waals surface area contributed by atoms with Crippen molar-refractivity contribution >= 4 is 23.2 Å². The number of carbonyl (C=O) groups is 2. The highest BCUT2D eigenvalue weighted by molar-refractivity contribution is 7.10. The first-order chi connectivity index (χ1) is 10.6. The predicted molar refractivity (Wildman–Crippen MR) is 86.1 cm³/mol. The molecule has 2 aliphatic rings. The molecule has 1 aliphatic carbocycles. The maximum atomic E-state index is 12.7. The average Bonchev–Trinajstić information content (AvgIpc) is 3.19. The van der Waals surface area contributed by atoms with Crippen molar-refractivity contribution in [2.45, 2.75) is 44.9 Å². The Hall–Kier alpha value is -1.36. The smallest absolute Gasteiger partial charge is 0.303 e. The van der Waals surface area contributed by atoms with Crippen LogP contribution in [0, 0.1) is 18.8 Å². The number of carboxylic acids is 1. The van der Waals surface area contributed by atoms with Gasteiger partial charge >= 0.3 is 5.97 Å². The van der Waals surface area contributed by atoms with E-state index in [0.29, 0.717) is 18.3 Å². The number of hydrogen-bond acceptors (Lipinski definition) is 3. The summed E-state index contributed by atoms with van der Waals surface area (Å²) in [6.45, 7) is 3.71. The first-order valence-electron chi connectivity index (χ1n) is 8.11. The van der Waals surface area contributed by atoms with E-state index in [0.717, 1.165) is 32.4 Å². The van der Waals surface area contributed by atoms with Crippen molar-refractivity contribution in [3.63, 3.8) is 0 Å². The lowest BCUT2D eigenvalue weighted by atomic mass is 9.93. The maximum Gasteiger partial charge on any atom is 0.303 e. The van der Waals surface area contributed by atoms with Crippen molar-refractivity contribution in [1.29, 1.82) is 0 Å². The van der Waals surface area contributed by atoms with E-state index in [1.807, 2.05) is 4.90 Å². The molecule has 3 atom stereocenters. The molecule has 2 fully saturated rings. The molecule has 0 aromatic carbocycles. The Balaban J connectivity index is 1.54. The van der Waals surface area contributed by atoms with Crippen molar-refractivity contribution in [3.05, 3.63) is 21.9 Å². The summed E-state index contributed by atoms with van der Waals surface area (Å²) in [5.74, 6) is 0.494. The van der Waals surface area contributed by atoms with Gasteiger partial charge in [-0.05, 0) is 55.5 Å². The lowest BCUT2D eigenvalue weighted by Gasteiger charge is -2.33. The molecule has 1 aliphatic heterocycles. The first-order valence-corrected chi connectivity index (χ1v) is 8.98. The molecule has 0 radical (unpaired) electrons. The second-order valence-electron chi connectivity index (χ2n) is 6.64. The summed E-state index contributed by atoms with van der Waals surface area (Å²) in [6, 6.07) is 2.13. The van der Waals surface area contributed by atoms with Crippen molar-refractivity contribution < 1.29 is 14.7 Å². The molecule has 3 unspecified atom stereocenters. The fraction of sp³-hybridized carbons (Fsp3) is 0.647. The van der Waals surface area contributed by atoms with E-state index in [1.54, 1.807) is 11.3 Å². The minimum absolute atomic E-state index is 0.163. The standard InChI is InChI=1S/C17H23NO3S/c1-11-6-8-22-16(11)13-9-14(13)17(21)18-7-2-3-12(10-18)4-5-15(19)20/h6,8,12-14H,2-5,7,9-10H2,1H3,(H,19,20). The molecule has 5 heteroatoms. The molecule has 1 amide bonds. The number of hydrogen-bond donors (Lipinski definition) is 1. The fourth-order valence-corrected chi connectivity index (χ4v) is 4.69. The van der Waals surface area contributed by atoms with Gasteiger partial charge in [-0.1, -0.05) is 0 Å². The first kappa shape index (κ1) is 15.5. The zero-order valence-corrected chi connectivity index (χ0v) is 13.8. The molecule has 1 saturated carbocycles. The molecular weight excluding hydrogens is 298 g/mol. The lowest BCUT2D eigenvalue weighted by molar-refractivity contribution is -0.137. The van der Waals surface area contributed by atoms with Crippen LogP contribution < -0.4 is 0 Å². The van der Waals surface area contributed by atoms with Crippen LogP contribution in [0.4, 0.5) is 0 Å². The lowest BCUT2D eigenvalue weighted by Crippen LogP contribution is -2.41. The van der Waals surface area contributed by atoms with Crippen LogP contribution in [0.15, 0.2) is 11.4 Å².